The van der Waals surface area contributed by atoms with E-state index in [0.29, 0.717) is 75.5 Å². The number of hydrogen-bond donors (Lipinski definition) is 4. The van der Waals surface area contributed by atoms with Gasteiger partial charge in [0, 0.05) is 43.8 Å². The Bertz CT molecular complexity index is 2330. The van der Waals surface area contributed by atoms with Gasteiger partial charge in [-0.1, -0.05) is 51.8 Å². The molecule has 0 spiro atoms. The number of hydrogen-bond acceptors (Lipinski definition) is 12. The number of pyridine rings is 1. The van der Waals surface area contributed by atoms with Crippen LogP contribution in [0.3, 0.4) is 0 Å². The molecule has 5 fully saturated rings. The molecule has 66 heavy (non-hydrogen) atoms. The highest BCUT2D eigenvalue weighted by molar-refractivity contribution is 7.91. The van der Waals surface area contributed by atoms with Gasteiger partial charge in [-0.05, 0) is 94.7 Å². The van der Waals surface area contributed by atoms with Gasteiger partial charge in [0.05, 0.1) is 29.0 Å². The fourth-order valence-corrected chi connectivity index (χ4v) is 11.0. The number of carbonyl (C=O) groups is 5. The first-order chi connectivity index (χ1) is 31.4. The second kappa shape index (κ2) is 19.0. The lowest BCUT2D eigenvalue weighted by atomic mass is 9.85. The molecule has 2 aromatic rings. The molecular formula is C48H67N7O10S. The number of sulfonamides is 1. The van der Waals surface area contributed by atoms with Crippen LogP contribution in [0.2, 0.25) is 0 Å². The molecule has 7 atom stereocenters. The molecule has 0 unspecified atom stereocenters. The molecule has 3 saturated carbocycles. The van der Waals surface area contributed by atoms with Crippen LogP contribution in [0.15, 0.2) is 36.9 Å². The van der Waals surface area contributed by atoms with Crippen LogP contribution in [0.1, 0.15) is 110 Å². The molecule has 17 nitrogen and oxygen atoms in total. The van der Waals surface area contributed by atoms with E-state index >= 15 is 0 Å². The van der Waals surface area contributed by atoms with Gasteiger partial charge in [0.25, 0.3) is 5.91 Å². The van der Waals surface area contributed by atoms with Gasteiger partial charge in [-0.25, -0.2) is 18.2 Å². The molecule has 6 aliphatic rings. The van der Waals surface area contributed by atoms with Gasteiger partial charge in [-0.15, -0.1) is 6.58 Å². The maximum Gasteiger partial charge on any atom is 0.408 e. The summed E-state index contributed by atoms with van der Waals surface area (Å²) < 4.78 is 46.9. The third-order valence-electron chi connectivity index (χ3n) is 14.4. The van der Waals surface area contributed by atoms with E-state index in [2.05, 4.69) is 27.3 Å². The number of ether oxygens (including phenoxy) is 3. The minimum Gasteiger partial charge on any atom is -0.492 e. The van der Waals surface area contributed by atoms with Crippen LogP contribution in [-0.4, -0.2) is 127 Å². The first-order valence-corrected chi connectivity index (χ1v) is 25.4. The van der Waals surface area contributed by atoms with Gasteiger partial charge in [-0.2, -0.15) is 0 Å². The smallest absolute Gasteiger partial charge is 0.408 e. The second-order valence-electron chi connectivity index (χ2n) is 20.5. The molecular weight excluding hydrogens is 867 g/mol. The van der Waals surface area contributed by atoms with Crippen molar-refractivity contribution in [2.75, 3.05) is 39.3 Å². The molecule has 2 saturated heterocycles. The van der Waals surface area contributed by atoms with Crippen molar-refractivity contribution in [3.05, 3.63) is 42.5 Å². The highest BCUT2D eigenvalue weighted by Gasteiger charge is 2.63. The topological polar surface area (TPSA) is 215 Å². The molecule has 5 amide bonds. The lowest BCUT2D eigenvalue weighted by Gasteiger charge is -2.35. The molecule has 18 heteroatoms. The molecule has 3 aliphatic carbocycles. The lowest BCUT2D eigenvalue weighted by molar-refractivity contribution is -0.142. The second-order valence-corrected chi connectivity index (χ2v) is 22.7. The van der Waals surface area contributed by atoms with E-state index in [-0.39, 0.29) is 37.3 Å². The van der Waals surface area contributed by atoms with E-state index < -0.39 is 73.6 Å². The number of nitrogens with zero attached hydrogens (tertiary/aromatic N) is 3. The number of benzene rings is 1. The van der Waals surface area contributed by atoms with Crippen molar-refractivity contribution in [1.29, 1.82) is 0 Å². The number of carbonyl (C=O) groups excluding carboxylic acids is 5. The van der Waals surface area contributed by atoms with Crippen molar-refractivity contribution in [2.24, 2.45) is 17.3 Å². The first-order valence-electron chi connectivity index (χ1n) is 23.9. The number of fused-ring (bicyclic) bond motifs is 5. The van der Waals surface area contributed by atoms with Gasteiger partial charge >= 0.3 is 6.09 Å². The van der Waals surface area contributed by atoms with Gasteiger partial charge in [0.2, 0.25) is 33.6 Å². The molecule has 3 aliphatic heterocycles. The highest BCUT2D eigenvalue weighted by Crippen LogP contribution is 2.47. The summed E-state index contributed by atoms with van der Waals surface area (Å²) in [5, 5.41) is 9.97. The summed E-state index contributed by atoms with van der Waals surface area (Å²) in [4.78, 5) is 77.2. The zero-order valence-electron chi connectivity index (χ0n) is 38.8. The first kappa shape index (κ1) is 47.5. The molecule has 0 radical (unpaired) electrons. The molecule has 1 aromatic carbocycles. The summed E-state index contributed by atoms with van der Waals surface area (Å²) in [6.45, 7) is 14.1. The SMILES string of the molecule is C=C[C@@H]1C[C@]1(NC(=O)[C@@H]1C[C@@H]2CN1C(=O)[C@H](C(C)(C)C)NC(=O)O[C@@H]1C[C@H]1CCCCCc1c(nc3ccccc3c1OCCCNCCN1CCCC1=O)O2)C(=O)NS(=O)(=O)C1(C)CC1. The molecule has 360 valence electrons. The third kappa shape index (κ3) is 10.3. The summed E-state index contributed by atoms with van der Waals surface area (Å²) in [7, 11) is -4.03. The number of para-hydroxylation sites is 1. The van der Waals surface area contributed by atoms with Gasteiger partial charge in [0.15, 0.2) is 0 Å². The fraction of sp³-hybridized carbons (Fsp3) is 0.667. The predicted octanol–water partition coefficient (Wildman–Crippen LogP) is 4.27. The van der Waals surface area contributed by atoms with Crippen LogP contribution < -0.4 is 30.1 Å². The van der Waals surface area contributed by atoms with Crippen molar-refractivity contribution in [3.63, 3.8) is 0 Å². The van der Waals surface area contributed by atoms with Gasteiger partial charge in [0.1, 0.15) is 35.6 Å². The summed E-state index contributed by atoms with van der Waals surface area (Å²) in [6, 6.07) is 5.43. The number of likely N-dealkylation sites (tertiary alicyclic amines) is 1. The minimum absolute atomic E-state index is 0.00823. The van der Waals surface area contributed by atoms with Crippen LogP contribution in [0.5, 0.6) is 11.6 Å². The van der Waals surface area contributed by atoms with Crippen molar-refractivity contribution in [1.82, 2.24) is 35.5 Å². The summed E-state index contributed by atoms with van der Waals surface area (Å²) >= 11 is 0. The molecule has 8 rings (SSSR count). The van der Waals surface area contributed by atoms with Gasteiger partial charge < -0.3 is 40.0 Å². The number of aromatic nitrogens is 1. The Kier molecular flexibility index (Phi) is 13.7. The van der Waals surface area contributed by atoms with Crippen LogP contribution in [0.25, 0.3) is 10.9 Å². The largest absolute Gasteiger partial charge is 0.492 e. The summed E-state index contributed by atoms with van der Waals surface area (Å²) in [5.41, 5.74) is -0.961. The number of rotatable bonds is 14. The van der Waals surface area contributed by atoms with E-state index in [0.717, 1.165) is 56.0 Å². The number of amides is 5. The van der Waals surface area contributed by atoms with Crippen molar-refractivity contribution >= 4 is 50.6 Å². The van der Waals surface area contributed by atoms with Crippen molar-refractivity contribution in [3.8, 4) is 11.6 Å². The maximum absolute atomic E-state index is 14.9. The number of alkyl carbamates (subject to hydrolysis) is 1. The Labute approximate surface area is 387 Å². The Balaban J connectivity index is 1.07. The average Bonchev–Trinajstić information content (AvgIpc) is 4.22. The fourth-order valence-electron chi connectivity index (χ4n) is 9.64. The Morgan fingerprint density at radius 3 is 2.55 bits per heavy atom. The summed E-state index contributed by atoms with van der Waals surface area (Å²) in [6.07, 6.45) is 7.90. The van der Waals surface area contributed by atoms with E-state index in [1.165, 1.54) is 11.0 Å². The average molecular weight is 934 g/mol. The van der Waals surface area contributed by atoms with Crippen LogP contribution in [0, 0.1) is 17.3 Å². The minimum atomic E-state index is -4.03. The van der Waals surface area contributed by atoms with Crippen molar-refractivity contribution < 1.29 is 46.6 Å². The Morgan fingerprint density at radius 2 is 1.83 bits per heavy atom. The highest BCUT2D eigenvalue weighted by atomic mass is 32.2. The van der Waals surface area contributed by atoms with E-state index in [1.54, 1.807) is 6.92 Å². The predicted molar refractivity (Wildman–Crippen MR) is 246 cm³/mol. The quantitative estimate of drug-likeness (QED) is 0.155. The number of nitrogens with one attached hydrogen (secondary N) is 4. The maximum atomic E-state index is 14.9. The molecule has 1 aromatic heterocycles. The van der Waals surface area contributed by atoms with Crippen LogP contribution in [-0.2, 0) is 40.4 Å². The molecule has 4 N–H and O–H groups in total. The zero-order valence-corrected chi connectivity index (χ0v) is 39.6. The van der Waals surface area contributed by atoms with E-state index in [9.17, 15) is 32.4 Å². The zero-order chi connectivity index (χ0) is 47.0. The third-order valence-corrected chi connectivity index (χ3v) is 16.5. The Hall–Kier alpha value is -4.97. The molecule has 2 bridgehead atoms. The Morgan fingerprint density at radius 1 is 1.05 bits per heavy atom. The van der Waals surface area contributed by atoms with E-state index in [1.807, 2.05) is 49.9 Å². The van der Waals surface area contributed by atoms with E-state index in [4.69, 9.17) is 19.2 Å². The monoisotopic (exact) mass is 933 g/mol. The van der Waals surface area contributed by atoms with Crippen LogP contribution >= 0.6 is 0 Å². The van der Waals surface area contributed by atoms with Gasteiger partial charge in [-0.3, -0.25) is 23.9 Å². The van der Waals surface area contributed by atoms with Crippen molar-refractivity contribution in [2.45, 2.75) is 146 Å². The standard InChI is InChI=1S/C48H67N7O10S/c1-6-31-28-48(31,44(59)53-66(61,62)47(5)19-20-47)52-41(57)36-27-32-29-55(36)43(58)40(46(2,3)4)51-45(60)65-37-26-30(37)14-8-7-9-16-34-39(33-15-10-11-17-35(33)50-42(34)64-32)63-25-13-21-49-22-24-54-23-12-18-38(54)56/h6,10-11,15,17,30-32,36-37,40,49H,1,7-9,12-14,16,18-29H2,2-5H3,(H,51,60)(H,52,57)(H,53,59)/t30-,31-,32-,36+,37-,40-,48-/m1/s1. The normalized spacial score (nSPS) is 28.7. The van der Waals surface area contributed by atoms with Crippen LogP contribution in [0.4, 0.5) is 4.79 Å². The lowest BCUT2D eigenvalue weighted by Crippen LogP contribution is -2.60. The molecule has 4 heterocycles. The summed E-state index contributed by atoms with van der Waals surface area (Å²) in [5.74, 6) is -1.15.